The Morgan fingerprint density at radius 1 is 0.738 bits per heavy atom. The fourth-order valence-corrected chi connectivity index (χ4v) is 6.82. The van der Waals surface area contributed by atoms with E-state index in [9.17, 15) is 9.59 Å². The van der Waals surface area contributed by atoms with Crippen LogP contribution >= 0.6 is 17.0 Å². The minimum absolute atomic E-state index is 0.0152. The summed E-state index contributed by atoms with van der Waals surface area (Å²) in [6, 6.07) is 26.3. The Balaban J connectivity index is 0.000000167. The summed E-state index contributed by atoms with van der Waals surface area (Å²) < 4.78 is 5.37. The zero-order chi connectivity index (χ0) is 30.2. The van der Waals surface area contributed by atoms with E-state index >= 15 is 0 Å². The molecule has 0 aliphatic carbocycles. The number of amides is 2. The predicted molar refractivity (Wildman–Crippen MR) is 176 cm³/mol. The molecular formula is C32H40Cl2GaN4O2Zr. The third-order valence-corrected chi connectivity index (χ3v) is 9.27. The van der Waals surface area contributed by atoms with Crippen LogP contribution in [0.25, 0.3) is 21.5 Å². The molecule has 2 fully saturated rings. The predicted octanol–water partition coefficient (Wildman–Crippen LogP) is 7.27. The van der Waals surface area contributed by atoms with E-state index < -0.39 is 38.7 Å². The number of hydrogen-bond acceptors (Lipinski definition) is 4. The second kappa shape index (κ2) is 19.6. The van der Waals surface area contributed by atoms with Crippen LogP contribution in [0.3, 0.4) is 0 Å². The van der Waals surface area contributed by atoms with Crippen molar-refractivity contribution in [2.45, 2.75) is 52.4 Å². The molecule has 2 aliphatic rings. The van der Waals surface area contributed by atoms with E-state index in [-0.39, 0.29) is 11.8 Å². The summed E-state index contributed by atoms with van der Waals surface area (Å²) in [6.45, 7) is 8.49. The largest absolute Gasteiger partial charge is 0.417 e. The SMILES string of the molecule is CCC(=O)[NH][Ga][NH]C(=O)CC.[Cl][Zr+2][Cl].c1ccc2c(N3CCCC3)c[cH-]c2c1.c1ccc2c(N3CCCC3)c[cH-]c2c1. The molecule has 2 amide bonds. The number of hydrogen-bond donors (Lipinski definition) is 2. The normalized spacial score (nSPS) is 13.6. The number of fused-ring (bicyclic) bond motifs is 2. The Hall–Kier alpha value is -1.70. The molecule has 2 N–H and O–H groups in total. The fraction of sp³-hybridized carbons (Fsp3) is 0.375. The van der Waals surface area contributed by atoms with Crippen molar-refractivity contribution in [1.82, 2.24) is 8.05 Å². The van der Waals surface area contributed by atoms with Gasteiger partial charge in [0.05, 0.1) is 0 Å². The van der Waals surface area contributed by atoms with Gasteiger partial charge in [-0.25, -0.2) is 0 Å². The van der Waals surface area contributed by atoms with Crippen molar-refractivity contribution in [2.75, 3.05) is 36.0 Å². The molecule has 2 aliphatic heterocycles. The summed E-state index contributed by atoms with van der Waals surface area (Å²) in [7, 11) is 9.87. The zero-order valence-corrected chi connectivity index (χ0v) is 30.9. The van der Waals surface area contributed by atoms with Crippen molar-refractivity contribution in [1.29, 1.82) is 0 Å². The maximum atomic E-state index is 10.7. The van der Waals surface area contributed by atoms with E-state index in [1.807, 2.05) is 0 Å². The van der Waals surface area contributed by atoms with Crippen molar-refractivity contribution >= 4 is 79.7 Å². The molecule has 1 radical (unpaired) electrons. The van der Waals surface area contributed by atoms with Crippen LogP contribution in [0.2, 0.25) is 0 Å². The molecule has 0 unspecified atom stereocenters. The summed E-state index contributed by atoms with van der Waals surface area (Å²) in [5, 5.41) is 5.56. The maximum Gasteiger partial charge on any atom is 0.00815 e. The first-order valence-electron chi connectivity index (χ1n) is 14.7. The minimum atomic E-state index is -1.05. The Morgan fingerprint density at radius 3 is 1.45 bits per heavy atom. The molecule has 42 heavy (non-hydrogen) atoms. The monoisotopic (exact) mass is 741 g/mol. The third-order valence-electron chi connectivity index (χ3n) is 7.32. The molecule has 2 heterocycles. The number of halogens is 2. The third kappa shape index (κ3) is 10.8. The van der Waals surface area contributed by atoms with Crippen LogP contribution in [-0.4, -0.2) is 55.9 Å². The number of anilines is 2. The van der Waals surface area contributed by atoms with Gasteiger partial charge >= 0.3 is 112 Å². The Labute approximate surface area is 277 Å². The smallest absolute Gasteiger partial charge is 0.00815 e. The average Bonchev–Trinajstić information content (AvgIpc) is 3.84. The van der Waals surface area contributed by atoms with Crippen molar-refractivity contribution in [2.24, 2.45) is 0 Å². The summed E-state index contributed by atoms with van der Waals surface area (Å²) in [4.78, 5) is 26.3. The molecule has 0 spiro atoms. The van der Waals surface area contributed by atoms with E-state index in [1.165, 1.54) is 84.8 Å². The van der Waals surface area contributed by atoms with Crippen LogP contribution in [0.1, 0.15) is 52.4 Å². The molecule has 6 rings (SSSR count). The summed E-state index contributed by atoms with van der Waals surface area (Å²) in [5.74, 6) is 0.0304. The number of benzene rings is 2. The van der Waals surface area contributed by atoms with E-state index in [4.69, 9.17) is 17.0 Å². The first-order valence-corrected chi connectivity index (χ1v) is 23.4. The second-order valence-corrected chi connectivity index (χ2v) is 15.6. The van der Waals surface area contributed by atoms with E-state index in [0.717, 1.165) is 0 Å². The molecule has 0 bridgehead atoms. The fourth-order valence-electron chi connectivity index (χ4n) is 5.14. The number of nitrogens with one attached hydrogen (secondary N) is 2. The van der Waals surface area contributed by atoms with Gasteiger partial charge < -0.3 is 9.80 Å². The molecule has 0 atom stereocenters. The van der Waals surface area contributed by atoms with E-state index in [2.05, 4.69) is 90.6 Å². The van der Waals surface area contributed by atoms with Crippen molar-refractivity contribution in [3.63, 3.8) is 0 Å². The Kier molecular flexibility index (Phi) is 16.2. The number of carbonyl (C=O) groups is 2. The molecular weight excluding hydrogens is 704 g/mol. The molecule has 4 aromatic rings. The van der Waals surface area contributed by atoms with E-state index in [0.29, 0.717) is 12.8 Å². The first-order chi connectivity index (χ1) is 20.5. The molecule has 0 aromatic heterocycles. The minimum Gasteiger partial charge on any atom is -0.417 e. The maximum absolute atomic E-state index is 10.7. The van der Waals surface area contributed by atoms with Crippen molar-refractivity contribution in [3.8, 4) is 0 Å². The number of nitrogens with zero attached hydrogens (tertiary/aromatic N) is 2. The molecule has 0 saturated carbocycles. The second-order valence-electron chi connectivity index (χ2n) is 10.1. The molecule has 2 saturated heterocycles. The molecule has 221 valence electrons. The topological polar surface area (TPSA) is 64.7 Å². The van der Waals surface area contributed by atoms with Gasteiger partial charge in [0.15, 0.2) is 0 Å². The van der Waals surface area contributed by atoms with Crippen molar-refractivity contribution in [3.05, 3.63) is 72.8 Å². The Morgan fingerprint density at radius 2 is 1.10 bits per heavy atom. The van der Waals surface area contributed by atoms with Gasteiger partial charge in [-0.05, 0) is 25.7 Å². The molecule has 10 heteroatoms. The standard InChI is InChI=1S/2C13H14N.2C3H7NO.2ClH.Ga.Zr/c2*1-2-6-12-11(5-1)7-8-13(12)14-9-3-4-10-14;2*1-2-3(4)5;;;;/h2*1-2,5-8H,3-4,9-10H2;2*2H2,1H3,(H2,4,5);2*1H;;/q2*-1;;;;;+2;+4/p-4. The van der Waals surface area contributed by atoms with Gasteiger partial charge in [-0.3, -0.25) is 0 Å². The van der Waals surface area contributed by atoms with Gasteiger partial charge in [0, 0.05) is 26.2 Å². The van der Waals surface area contributed by atoms with Crippen LogP contribution in [0, 0.1) is 0 Å². The van der Waals surface area contributed by atoms with Gasteiger partial charge in [0.2, 0.25) is 0 Å². The summed E-state index contributed by atoms with van der Waals surface area (Å²) >= 11 is -1.87. The average molecular weight is 745 g/mol. The number of rotatable bonds is 6. The Bertz CT molecular complexity index is 1260. The van der Waals surface area contributed by atoms with Crippen LogP contribution in [0.4, 0.5) is 11.4 Å². The molecule has 6 nitrogen and oxygen atoms in total. The summed E-state index contributed by atoms with van der Waals surface area (Å²) in [6.07, 6.45) is 6.36. The van der Waals surface area contributed by atoms with Crippen LogP contribution in [0.15, 0.2) is 72.8 Å². The van der Waals surface area contributed by atoms with Gasteiger partial charge in [-0.2, -0.15) is 0 Å². The van der Waals surface area contributed by atoms with Gasteiger partial charge in [-0.15, -0.1) is 82.2 Å². The number of carbonyl (C=O) groups excluding carboxylic acids is 2. The van der Waals surface area contributed by atoms with E-state index in [1.54, 1.807) is 13.8 Å². The quantitative estimate of drug-likeness (QED) is 0.161. The van der Waals surface area contributed by atoms with Gasteiger partial charge in [0.25, 0.3) is 0 Å². The zero-order valence-electron chi connectivity index (χ0n) is 24.5. The van der Waals surface area contributed by atoms with Crippen LogP contribution in [0.5, 0.6) is 0 Å². The molecule has 4 aromatic carbocycles. The van der Waals surface area contributed by atoms with Crippen LogP contribution in [-0.2, 0) is 30.4 Å². The first kappa shape index (κ1) is 34.8. The van der Waals surface area contributed by atoms with Crippen LogP contribution < -0.4 is 17.8 Å². The van der Waals surface area contributed by atoms with Gasteiger partial charge in [-0.1, -0.05) is 23.5 Å². The summed E-state index contributed by atoms with van der Waals surface area (Å²) in [5.41, 5.74) is 2.86. The van der Waals surface area contributed by atoms with Gasteiger partial charge in [0.1, 0.15) is 0 Å². The van der Waals surface area contributed by atoms with Crippen molar-refractivity contribution < 1.29 is 30.4 Å².